The predicted octanol–water partition coefficient (Wildman–Crippen LogP) is -0.304. The first kappa shape index (κ1) is 13.9. The maximum absolute atomic E-state index is 5.84. The second-order valence-corrected chi connectivity index (χ2v) is 4.59. The van der Waals surface area contributed by atoms with E-state index in [2.05, 4.69) is 11.8 Å². The number of hydrogen-bond donors (Lipinski definition) is 1. The maximum atomic E-state index is 5.84. The van der Waals surface area contributed by atoms with Crippen LogP contribution in [0.3, 0.4) is 0 Å². The molecule has 1 aliphatic rings. The minimum absolute atomic E-state index is 0.118. The zero-order valence-electron chi connectivity index (χ0n) is 10.7. The summed E-state index contributed by atoms with van der Waals surface area (Å²) in [5.74, 6) is 0. The number of methoxy groups -OCH3 is 3. The van der Waals surface area contributed by atoms with Crippen molar-refractivity contribution in [3.8, 4) is 0 Å². The molecule has 0 bridgehead atoms. The second kappa shape index (κ2) is 5.93. The highest BCUT2D eigenvalue weighted by Gasteiger charge is 2.41. The van der Waals surface area contributed by atoms with Gasteiger partial charge in [-0.05, 0) is 6.92 Å². The Hall–Kier alpha value is -0.200. The summed E-state index contributed by atoms with van der Waals surface area (Å²) in [6.45, 7) is 4.98. The first-order chi connectivity index (χ1) is 7.61. The topological polar surface area (TPSA) is 57.0 Å². The van der Waals surface area contributed by atoms with Crippen LogP contribution in [0, 0.1) is 0 Å². The van der Waals surface area contributed by atoms with Crippen molar-refractivity contribution in [2.45, 2.75) is 24.7 Å². The highest BCUT2D eigenvalue weighted by Crippen LogP contribution is 2.24. The zero-order valence-corrected chi connectivity index (χ0v) is 10.7. The van der Waals surface area contributed by atoms with E-state index in [9.17, 15) is 0 Å². The summed E-state index contributed by atoms with van der Waals surface area (Å²) in [6, 6.07) is 0. The number of likely N-dealkylation sites (tertiary alicyclic amines) is 1. The molecule has 0 radical (unpaired) electrons. The van der Waals surface area contributed by atoms with E-state index >= 15 is 0 Å². The Morgan fingerprint density at radius 2 is 1.69 bits per heavy atom. The first-order valence-electron chi connectivity index (χ1n) is 5.61. The molecule has 16 heavy (non-hydrogen) atoms. The standard InChI is InChI=1S/C11H24N2O3/c1-11(7-12,8-14-2)13-5-9(15-3)10(6-13)16-4/h9-10H,5-8,12H2,1-4H3. The Balaban J connectivity index is 2.67. The molecule has 0 aromatic carbocycles. The van der Waals surface area contributed by atoms with Crippen molar-refractivity contribution in [2.75, 3.05) is 47.6 Å². The minimum atomic E-state index is -0.140. The molecule has 3 unspecified atom stereocenters. The summed E-state index contributed by atoms with van der Waals surface area (Å²) in [6.07, 6.45) is 0.237. The van der Waals surface area contributed by atoms with Gasteiger partial charge in [0.1, 0.15) is 0 Å². The van der Waals surface area contributed by atoms with E-state index in [1.54, 1.807) is 21.3 Å². The van der Waals surface area contributed by atoms with E-state index in [0.717, 1.165) is 13.1 Å². The third kappa shape index (κ3) is 2.73. The number of nitrogens with two attached hydrogens (primary N) is 1. The van der Waals surface area contributed by atoms with E-state index in [1.807, 2.05) is 0 Å². The second-order valence-electron chi connectivity index (χ2n) is 4.59. The third-order valence-electron chi connectivity index (χ3n) is 3.48. The maximum Gasteiger partial charge on any atom is 0.0972 e. The average molecular weight is 232 g/mol. The molecule has 0 amide bonds. The highest BCUT2D eigenvalue weighted by atomic mass is 16.5. The molecular formula is C11H24N2O3. The number of rotatable bonds is 6. The van der Waals surface area contributed by atoms with E-state index in [0.29, 0.717) is 13.2 Å². The van der Waals surface area contributed by atoms with Crippen LogP contribution in [-0.4, -0.2) is 70.2 Å². The molecule has 1 heterocycles. The van der Waals surface area contributed by atoms with Gasteiger partial charge in [-0.15, -0.1) is 0 Å². The molecule has 1 aliphatic heterocycles. The average Bonchev–Trinajstić information content (AvgIpc) is 2.72. The smallest absolute Gasteiger partial charge is 0.0972 e. The fourth-order valence-electron chi connectivity index (χ4n) is 2.23. The fourth-order valence-corrected chi connectivity index (χ4v) is 2.23. The molecule has 0 aromatic heterocycles. The van der Waals surface area contributed by atoms with Crippen molar-refractivity contribution in [1.82, 2.24) is 4.90 Å². The Morgan fingerprint density at radius 3 is 2.00 bits per heavy atom. The van der Waals surface area contributed by atoms with E-state index in [-0.39, 0.29) is 17.7 Å². The largest absolute Gasteiger partial charge is 0.383 e. The Bertz CT molecular complexity index is 203. The van der Waals surface area contributed by atoms with Crippen LogP contribution in [0.15, 0.2) is 0 Å². The van der Waals surface area contributed by atoms with Gasteiger partial charge in [0.2, 0.25) is 0 Å². The van der Waals surface area contributed by atoms with Gasteiger partial charge in [-0.3, -0.25) is 4.90 Å². The minimum Gasteiger partial charge on any atom is -0.383 e. The van der Waals surface area contributed by atoms with E-state index < -0.39 is 0 Å². The number of hydrogen-bond acceptors (Lipinski definition) is 5. The summed E-state index contributed by atoms with van der Waals surface area (Å²) < 4.78 is 16.1. The number of nitrogens with zero attached hydrogens (tertiary/aromatic N) is 1. The van der Waals surface area contributed by atoms with Crippen LogP contribution in [0.2, 0.25) is 0 Å². The van der Waals surface area contributed by atoms with Crippen molar-refractivity contribution >= 4 is 0 Å². The van der Waals surface area contributed by atoms with Gasteiger partial charge in [-0.25, -0.2) is 0 Å². The molecule has 1 fully saturated rings. The van der Waals surface area contributed by atoms with Gasteiger partial charge < -0.3 is 19.9 Å². The van der Waals surface area contributed by atoms with Crippen molar-refractivity contribution in [3.63, 3.8) is 0 Å². The molecule has 1 saturated heterocycles. The summed E-state index contributed by atoms with van der Waals surface area (Å²) in [4.78, 5) is 2.29. The molecular weight excluding hydrogens is 208 g/mol. The monoisotopic (exact) mass is 232 g/mol. The van der Waals surface area contributed by atoms with Gasteiger partial charge in [0.05, 0.1) is 24.4 Å². The Kier molecular flexibility index (Phi) is 5.14. The Labute approximate surface area is 97.8 Å². The van der Waals surface area contributed by atoms with Crippen LogP contribution in [0.25, 0.3) is 0 Å². The molecule has 0 aromatic rings. The van der Waals surface area contributed by atoms with Crippen molar-refractivity contribution in [2.24, 2.45) is 5.73 Å². The molecule has 3 atom stereocenters. The molecule has 0 aliphatic carbocycles. The summed E-state index contributed by atoms with van der Waals surface area (Å²) >= 11 is 0. The van der Waals surface area contributed by atoms with Crippen molar-refractivity contribution < 1.29 is 14.2 Å². The van der Waals surface area contributed by atoms with Gasteiger partial charge in [-0.1, -0.05) is 0 Å². The Morgan fingerprint density at radius 1 is 1.19 bits per heavy atom. The van der Waals surface area contributed by atoms with Crippen LogP contribution >= 0.6 is 0 Å². The molecule has 0 saturated carbocycles. The molecule has 2 N–H and O–H groups in total. The lowest BCUT2D eigenvalue weighted by atomic mass is 10.0. The lowest BCUT2D eigenvalue weighted by Gasteiger charge is -2.37. The molecule has 5 heteroatoms. The highest BCUT2D eigenvalue weighted by molar-refractivity contribution is 4.96. The quantitative estimate of drug-likeness (QED) is 0.681. The van der Waals surface area contributed by atoms with Gasteiger partial charge in [0, 0.05) is 41.0 Å². The van der Waals surface area contributed by atoms with Crippen LogP contribution in [0.5, 0.6) is 0 Å². The van der Waals surface area contributed by atoms with Crippen LogP contribution in [0.4, 0.5) is 0 Å². The summed E-state index contributed by atoms with van der Waals surface area (Å²) in [7, 11) is 5.14. The fraction of sp³-hybridized carbons (Fsp3) is 1.00. The van der Waals surface area contributed by atoms with Gasteiger partial charge in [-0.2, -0.15) is 0 Å². The predicted molar refractivity (Wildman–Crippen MR) is 62.5 cm³/mol. The van der Waals surface area contributed by atoms with Crippen molar-refractivity contribution in [3.05, 3.63) is 0 Å². The van der Waals surface area contributed by atoms with Crippen LogP contribution < -0.4 is 5.73 Å². The van der Waals surface area contributed by atoms with Gasteiger partial charge in [0.15, 0.2) is 0 Å². The molecule has 1 rings (SSSR count). The van der Waals surface area contributed by atoms with E-state index in [4.69, 9.17) is 19.9 Å². The normalized spacial score (nSPS) is 30.6. The van der Waals surface area contributed by atoms with Gasteiger partial charge in [0.25, 0.3) is 0 Å². The van der Waals surface area contributed by atoms with Crippen molar-refractivity contribution in [1.29, 1.82) is 0 Å². The third-order valence-corrected chi connectivity index (χ3v) is 3.48. The lowest BCUT2D eigenvalue weighted by molar-refractivity contribution is -0.00461. The molecule has 96 valence electrons. The van der Waals surface area contributed by atoms with Crippen LogP contribution in [-0.2, 0) is 14.2 Å². The van der Waals surface area contributed by atoms with Gasteiger partial charge >= 0.3 is 0 Å². The lowest BCUT2D eigenvalue weighted by Crippen LogP contribution is -2.54. The van der Waals surface area contributed by atoms with Crippen LogP contribution in [0.1, 0.15) is 6.92 Å². The molecule has 0 spiro atoms. The van der Waals surface area contributed by atoms with E-state index in [1.165, 1.54) is 0 Å². The SMILES string of the molecule is COCC(C)(CN)N1CC(OC)C(OC)C1. The summed E-state index contributed by atoms with van der Waals surface area (Å²) in [5, 5.41) is 0. The molecule has 5 nitrogen and oxygen atoms in total. The summed E-state index contributed by atoms with van der Waals surface area (Å²) in [5.41, 5.74) is 5.70. The first-order valence-corrected chi connectivity index (χ1v) is 5.61. The zero-order chi connectivity index (χ0) is 12.2. The number of ether oxygens (including phenoxy) is 3.